The number of nitrogens with zero attached hydrogens (tertiary/aromatic N) is 2. The van der Waals surface area contributed by atoms with Crippen molar-refractivity contribution >= 4 is 17.4 Å². The second-order valence-corrected chi connectivity index (χ2v) is 8.49. The van der Waals surface area contributed by atoms with Crippen molar-refractivity contribution in [2.45, 2.75) is 6.18 Å². The molecule has 0 spiro atoms. The molecule has 2 heterocycles. The van der Waals surface area contributed by atoms with E-state index in [0.29, 0.717) is 23.1 Å². The highest BCUT2D eigenvalue weighted by atomic mass is 19.4. The van der Waals surface area contributed by atoms with Gasteiger partial charge in [-0.1, -0.05) is 0 Å². The van der Waals surface area contributed by atoms with Crippen LogP contribution >= 0.6 is 0 Å². The van der Waals surface area contributed by atoms with E-state index >= 15 is 0 Å². The van der Waals surface area contributed by atoms with E-state index in [4.69, 9.17) is 9.47 Å². The molecule has 0 saturated carbocycles. The van der Waals surface area contributed by atoms with Gasteiger partial charge in [-0.15, -0.1) is 0 Å². The van der Waals surface area contributed by atoms with Crippen molar-refractivity contribution in [1.82, 2.24) is 15.2 Å². The number of amides is 2. The SMILES string of the molecule is O=C(Nc1cc(Oc2ccc(F)cc2)cc(C(F)(F)F)c1)Nc1ccc(Oc2ccnc(-c3cn[nH]c3)c2)c(F)c1. The largest absolute Gasteiger partial charge is 0.457 e. The van der Waals surface area contributed by atoms with E-state index in [1.165, 1.54) is 36.5 Å². The minimum Gasteiger partial charge on any atom is -0.457 e. The molecular weight excluding hydrogens is 549 g/mol. The summed E-state index contributed by atoms with van der Waals surface area (Å²) >= 11 is 0. The van der Waals surface area contributed by atoms with Crippen molar-refractivity contribution in [3.63, 3.8) is 0 Å². The molecule has 0 unspecified atom stereocenters. The highest BCUT2D eigenvalue weighted by molar-refractivity contribution is 6.00. The summed E-state index contributed by atoms with van der Waals surface area (Å²) in [6.07, 6.45) is -0.0597. The zero-order valence-corrected chi connectivity index (χ0v) is 20.7. The topological polar surface area (TPSA) is 101 Å². The van der Waals surface area contributed by atoms with Crippen molar-refractivity contribution in [2.75, 3.05) is 10.6 Å². The number of halogens is 5. The summed E-state index contributed by atoms with van der Waals surface area (Å²) in [6, 6.07) is 13.1. The van der Waals surface area contributed by atoms with E-state index in [9.17, 15) is 26.7 Å². The summed E-state index contributed by atoms with van der Waals surface area (Å²) in [7, 11) is 0. The fourth-order valence-corrected chi connectivity index (χ4v) is 3.64. The number of anilines is 2. The van der Waals surface area contributed by atoms with Crippen LogP contribution in [0.15, 0.2) is 91.4 Å². The number of hydrogen-bond acceptors (Lipinski definition) is 5. The van der Waals surface area contributed by atoms with Crippen LogP contribution in [0, 0.1) is 11.6 Å². The quantitative estimate of drug-likeness (QED) is 0.173. The molecule has 5 aromatic rings. The lowest BCUT2D eigenvalue weighted by Crippen LogP contribution is -2.20. The Morgan fingerprint density at radius 3 is 2.29 bits per heavy atom. The summed E-state index contributed by atoms with van der Waals surface area (Å²) in [5.74, 6) is -1.35. The van der Waals surface area contributed by atoms with E-state index < -0.39 is 29.4 Å². The smallest absolute Gasteiger partial charge is 0.416 e. The van der Waals surface area contributed by atoms with Crippen molar-refractivity contribution in [3.8, 4) is 34.3 Å². The van der Waals surface area contributed by atoms with Gasteiger partial charge in [0.05, 0.1) is 17.5 Å². The molecule has 0 fully saturated rings. The number of H-pyrrole nitrogens is 1. The van der Waals surface area contributed by atoms with Crippen LogP contribution in [0.1, 0.15) is 5.56 Å². The third-order valence-electron chi connectivity index (χ3n) is 5.48. The minimum atomic E-state index is -4.75. The second kappa shape index (κ2) is 11.3. The molecule has 0 saturated heterocycles. The Morgan fingerprint density at radius 2 is 1.59 bits per heavy atom. The molecule has 208 valence electrons. The molecule has 2 aromatic heterocycles. The maximum atomic E-state index is 14.8. The molecular formula is C28H18F5N5O3. The molecule has 13 heteroatoms. The van der Waals surface area contributed by atoms with Gasteiger partial charge in [-0.25, -0.2) is 13.6 Å². The van der Waals surface area contributed by atoms with Crippen LogP contribution in [0.25, 0.3) is 11.3 Å². The highest BCUT2D eigenvalue weighted by Gasteiger charge is 2.31. The predicted molar refractivity (Wildman–Crippen MR) is 139 cm³/mol. The van der Waals surface area contributed by atoms with Gasteiger partial charge in [-0.3, -0.25) is 10.1 Å². The third kappa shape index (κ3) is 6.95. The van der Waals surface area contributed by atoms with Gasteiger partial charge in [0.25, 0.3) is 0 Å². The molecule has 41 heavy (non-hydrogen) atoms. The van der Waals surface area contributed by atoms with Gasteiger partial charge < -0.3 is 20.1 Å². The minimum absolute atomic E-state index is 0.0101. The molecule has 0 bridgehead atoms. The summed E-state index contributed by atoms with van der Waals surface area (Å²) in [6.45, 7) is 0. The molecule has 3 aromatic carbocycles. The predicted octanol–water partition coefficient (Wildman–Crippen LogP) is 8.00. The number of alkyl halides is 3. The molecule has 0 aliphatic carbocycles. The van der Waals surface area contributed by atoms with E-state index in [-0.39, 0.29) is 28.6 Å². The highest BCUT2D eigenvalue weighted by Crippen LogP contribution is 2.36. The molecule has 2 amide bonds. The number of carbonyl (C=O) groups is 1. The van der Waals surface area contributed by atoms with Crippen LogP contribution in [0.3, 0.4) is 0 Å². The Morgan fingerprint density at radius 1 is 0.805 bits per heavy atom. The summed E-state index contributed by atoms with van der Waals surface area (Å²) in [5, 5.41) is 11.1. The number of nitrogens with one attached hydrogen (secondary N) is 3. The first-order valence-corrected chi connectivity index (χ1v) is 11.8. The fourth-order valence-electron chi connectivity index (χ4n) is 3.64. The number of aromatic nitrogens is 3. The zero-order chi connectivity index (χ0) is 29.0. The lowest BCUT2D eigenvalue weighted by atomic mass is 10.1. The standard InChI is InChI=1S/C28H18F5N5O3/c29-18-1-4-21(5-2-18)40-23-10-17(28(31,32)33)9-20(11-23)38-27(39)37-19-3-6-26(24(30)12-19)41-22-7-8-34-25(13-22)16-14-35-36-15-16/h1-15H,(H,35,36)(H2,37,38,39). The van der Waals surface area contributed by atoms with Crippen LogP contribution < -0.4 is 20.1 Å². The molecule has 5 rings (SSSR count). The average Bonchev–Trinajstić information content (AvgIpc) is 3.46. The maximum absolute atomic E-state index is 14.8. The van der Waals surface area contributed by atoms with Crippen LogP contribution in [-0.4, -0.2) is 21.2 Å². The van der Waals surface area contributed by atoms with Gasteiger partial charge >= 0.3 is 12.2 Å². The number of aromatic amines is 1. The van der Waals surface area contributed by atoms with Gasteiger partial charge in [0.15, 0.2) is 11.6 Å². The van der Waals surface area contributed by atoms with Gasteiger partial charge in [0.1, 0.15) is 23.1 Å². The third-order valence-corrected chi connectivity index (χ3v) is 5.48. The molecule has 0 aliphatic heterocycles. The molecule has 0 radical (unpaired) electrons. The van der Waals surface area contributed by atoms with Crippen LogP contribution in [-0.2, 0) is 6.18 Å². The Kier molecular flexibility index (Phi) is 7.50. The first-order valence-electron chi connectivity index (χ1n) is 11.8. The van der Waals surface area contributed by atoms with E-state index in [2.05, 4.69) is 25.8 Å². The number of rotatable bonds is 7. The average molecular weight is 567 g/mol. The molecule has 3 N–H and O–H groups in total. The Balaban J connectivity index is 1.28. The molecule has 8 nitrogen and oxygen atoms in total. The first kappa shape index (κ1) is 27.1. The number of benzene rings is 3. The van der Waals surface area contributed by atoms with Crippen molar-refractivity contribution in [2.24, 2.45) is 0 Å². The second-order valence-electron chi connectivity index (χ2n) is 8.49. The summed E-state index contributed by atoms with van der Waals surface area (Å²) in [5.41, 5.74) is -0.0762. The number of hydrogen-bond donors (Lipinski definition) is 3. The Labute approximate surface area is 228 Å². The van der Waals surface area contributed by atoms with Crippen molar-refractivity contribution in [1.29, 1.82) is 0 Å². The lowest BCUT2D eigenvalue weighted by Gasteiger charge is -2.14. The number of pyridine rings is 1. The van der Waals surface area contributed by atoms with E-state index in [1.807, 2.05) is 0 Å². The van der Waals surface area contributed by atoms with E-state index in [0.717, 1.165) is 30.3 Å². The van der Waals surface area contributed by atoms with Crippen molar-refractivity contribution < 1.29 is 36.2 Å². The van der Waals surface area contributed by atoms with Gasteiger partial charge in [-0.2, -0.15) is 18.3 Å². The van der Waals surface area contributed by atoms with Crippen molar-refractivity contribution in [3.05, 3.63) is 109 Å². The number of carbonyl (C=O) groups excluding carboxylic acids is 1. The fraction of sp³-hybridized carbons (Fsp3) is 0.0357. The number of urea groups is 1. The molecule has 0 atom stereocenters. The number of ether oxygens (including phenoxy) is 2. The van der Waals surface area contributed by atoms with Gasteiger partial charge in [-0.05, 0) is 54.6 Å². The van der Waals surface area contributed by atoms with Crippen LogP contribution in [0.2, 0.25) is 0 Å². The maximum Gasteiger partial charge on any atom is 0.416 e. The van der Waals surface area contributed by atoms with Gasteiger partial charge in [0, 0.05) is 47.5 Å². The van der Waals surface area contributed by atoms with Gasteiger partial charge in [0.2, 0.25) is 0 Å². The summed E-state index contributed by atoms with van der Waals surface area (Å²) in [4.78, 5) is 16.7. The Bertz CT molecular complexity index is 1680. The molecule has 0 aliphatic rings. The monoisotopic (exact) mass is 567 g/mol. The summed E-state index contributed by atoms with van der Waals surface area (Å²) < 4.78 is 79.3. The van der Waals surface area contributed by atoms with Crippen LogP contribution in [0.5, 0.6) is 23.0 Å². The normalized spacial score (nSPS) is 11.1. The van der Waals surface area contributed by atoms with Crippen LogP contribution in [0.4, 0.5) is 38.1 Å². The van der Waals surface area contributed by atoms with E-state index in [1.54, 1.807) is 18.5 Å². The Hall–Kier alpha value is -5.46. The first-order chi connectivity index (χ1) is 19.6. The lowest BCUT2D eigenvalue weighted by molar-refractivity contribution is -0.137. The zero-order valence-electron chi connectivity index (χ0n) is 20.7.